The van der Waals surface area contributed by atoms with Crippen molar-refractivity contribution in [3.8, 4) is 5.75 Å². The van der Waals surface area contributed by atoms with Gasteiger partial charge in [0.25, 0.3) is 0 Å². The Hall–Kier alpha value is -3.27. The molecular formula is C26H30FN3O5S. The first-order valence-corrected chi connectivity index (χ1v) is 13.0. The SMILES string of the molecule is CCNC(=O)Nc1sc2c(c1C)CCCC2=O.O=CN1CCC2(CC1)CC(=O)c1cc(F)ccc1O2. The van der Waals surface area contributed by atoms with Crippen molar-refractivity contribution in [2.45, 2.75) is 58.0 Å². The van der Waals surface area contributed by atoms with Crippen LogP contribution < -0.4 is 15.4 Å². The van der Waals surface area contributed by atoms with Crippen LogP contribution in [0.15, 0.2) is 18.2 Å². The number of urea groups is 1. The first-order valence-electron chi connectivity index (χ1n) is 12.2. The summed E-state index contributed by atoms with van der Waals surface area (Å²) in [5.41, 5.74) is 1.97. The largest absolute Gasteiger partial charge is 0.486 e. The zero-order valence-corrected chi connectivity index (χ0v) is 21.3. The normalized spacial score (nSPS) is 17.8. The summed E-state index contributed by atoms with van der Waals surface area (Å²) in [6.07, 6.45) is 4.84. The second kappa shape index (κ2) is 10.8. The Labute approximate surface area is 213 Å². The standard InChI is InChI=1S/C14H14FNO3.C12H16N2O2S/c15-10-1-2-13-11(7-10)12(18)8-14(19-13)3-5-16(9-17)6-4-14;1-3-13-12(16)14-11-7(2)8-5-4-6-9(15)10(8)17-11/h1-2,7,9H,3-6,8H2;3-6H2,1-2H3,(H2,13,14,16). The number of carbonyl (C=O) groups excluding carboxylic acids is 4. The third kappa shape index (κ3) is 5.43. The number of ketones is 2. The van der Waals surface area contributed by atoms with Gasteiger partial charge < -0.3 is 15.0 Å². The molecule has 1 fully saturated rings. The predicted octanol–water partition coefficient (Wildman–Crippen LogP) is 4.50. The summed E-state index contributed by atoms with van der Waals surface area (Å²) < 4.78 is 19.1. The highest BCUT2D eigenvalue weighted by atomic mass is 32.1. The van der Waals surface area contributed by atoms with Crippen LogP contribution in [-0.2, 0) is 11.2 Å². The summed E-state index contributed by atoms with van der Waals surface area (Å²) in [5.74, 6) is 0.156. The van der Waals surface area contributed by atoms with E-state index in [-0.39, 0.29) is 24.0 Å². The molecule has 0 radical (unpaired) electrons. The van der Waals surface area contributed by atoms with Gasteiger partial charge in [-0.05, 0) is 56.0 Å². The third-order valence-corrected chi connectivity index (χ3v) is 8.12. The van der Waals surface area contributed by atoms with E-state index in [2.05, 4.69) is 10.6 Å². The lowest BCUT2D eigenvalue weighted by atomic mass is 9.82. The van der Waals surface area contributed by atoms with Gasteiger partial charge in [0.05, 0.1) is 16.9 Å². The second-order valence-corrected chi connectivity index (χ2v) is 10.3. The number of amides is 3. The fourth-order valence-electron chi connectivity index (χ4n) is 4.82. The number of anilines is 1. The molecule has 3 amide bonds. The number of thiophene rings is 1. The summed E-state index contributed by atoms with van der Waals surface area (Å²) in [6.45, 7) is 5.61. The number of hydrogen-bond donors (Lipinski definition) is 2. The molecule has 5 rings (SSSR count). The Morgan fingerprint density at radius 2 is 1.97 bits per heavy atom. The number of benzene rings is 1. The van der Waals surface area contributed by atoms with Crippen LogP contribution in [0.2, 0.25) is 0 Å². The first kappa shape index (κ1) is 25.8. The molecule has 1 aliphatic carbocycles. The van der Waals surface area contributed by atoms with E-state index in [0.29, 0.717) is 50.2 Å². The van der Waals surface area contributed by atoms with Crippen LogP contribution in [0.1, 0.15) is 70.2 Å². The van der Waals surface area contributed by atoms with E-state index >= 15 is 0 Å². The quantitative estimate of drug-likeness (QED) is 0.586. The number of likely N-dealkylation sites (tertiary alicyclic amines) is 1. The molecular weight excluding hydrogens is 485 g/mol. The van der Waals surface area contributed by atoms with Gasteiger partial charge in [-0.15, -0.1) is 11.3 Å². The number of halogens is 1. The fraction of sp³-hybridized carbons (Fsp3) is 0.462. The molecule has 3 aliphatic rings. The Kier molecular flexibility index (Phi) is 7.73. The van der Waals surface area contributed by atoms with Crippen molar-refractivity contribution in [1.29, 1.82) is 0 Å². The Morgan fingerprint density at radius 3 is 2.64 bits per heavy atom. The van der Waals surface area contributed by atoms with Gasteiger partial charge in [-0.1, -0.05) is 0 Å². The van der Waals surface area contributed by atoms with E-state index in [1.54, 1.807) is 4.90 Å². The van der Waals surface area contributed by atoms with Crippen LogP contribution >= 0.6 is 11.3 Å². The zero-order chi connectivity index (χ0) is 25.9. The highest BCUT2D eigenvalue weighted by Gasteiger charge is 2.42. The van der Waals surface area contributed by atoms with Gasteiger partial charge >= 0.3 is 6.03 Å². The topological polar surface area (TPSA) is 105 Å². The van der Waals surface area contributed by atoms with Crippen LogP contribution in [0.25, 0.3) is 0 Å². The maximum Gasteiger partial charge on any atom is 0.319 e. The van der Waals surface area contributed by atoms with Crippen LogP contribution in [0.3, 0.4) is 0 Å². The summed E-state index contributed by atoms with van der Waals surface area (Å²) in [6, 6.07) is 3.83. The molecule has 192 valence electrons. The van der Waals surface area contributed by atoms with E-state index < -0.39 is 11.4 Å². The molecule has 0 unspecified atom stereocenters. The van der Waals surface area contributed by atoms with Gasteiger partial charge in [0.1, 0.15) is 22.2 Å². The Morgan fingerprint density at radius 1 is 1.22 bits per heavy atom. The minimum atomic E-state index is -0.526. The lowest BCUT2D eigenvalue weighted by Crippen LogP contribution is -2.50. The number of fused-ring (bicyclic) bond motifs is 2. The van der Waals surface area contributed by atoms with Crippen molar-refractivity contribution in [3.05, 3.63) is 45.6 Å². The van der Waals surface area contributed by atoms with E-state index in [1.165, 1.54) is 29.5 Å². The van der Waals surface area contributed by atoms with Crippen LogP contribution in [0.5, 0.6) is 5.75 Å². The van der Waals surface area contributed by atoms with E-state index in [0.717, 1.165) is 40.3 Å². The van der Waals surface area contributed by atoms with E-state index in [1.807, 2.05) is 13.8 Å². The average Bonchev–Trinajstić information content (AvgIpc) is 3.17. The number of piperidine rings is 1. The zero-order valence-electron chi connectivity index (χ0n) is 20.4. The lowest BCUT2D eigenvalue weighted by Gasteiger charge is -2.43. The van der Waals surface area contributed by atoms with Gasteiger partial charge in [-0.25, -0.2) is 9.18 Å². The number of carbonyl (C=O) groups is 4. The molecule has 2 aliphatic heterocycles. The van der Waals surface area contributed by atoms with Gasteiger partial charge in [0, 0.05) is 38.9 Å². The highest BCUT2D eigenvalue weighted by molar-refractivity contribution is 7.18. The van der Waals surface area contributed by atoms with Crippen molar-refractivity contribution in [1.82, 2.24) is 10.2 Å². The highest BCUT2D eigenvalue weighted by Crippen LogP contribution is 2.39. The van der Waals surface area contributed by atoms with Gasteiger partial charge in [-0.3, -0.25) is 19.7 Å². The number of rotatable bonds is 3. The molecule has 0 atom stereocenters. The lowest BCUT2D eigenvalue weighted by molar-refractivity contribution is -0.121. The van der Waals surface area contributed by atoms with Crippen molar-refractivity contribution in [3.63, 3.8) is 0 Å². The number of hydrogen-bond acceptors (Lipinski definition) is 6. The Bertz CT molecular complexity index is 1190. The van der Waals surface area contributed by atoms with Gasteiger partial charge in [0.2, 0.25) is 6.41 Å². The van der Waals surface area contributed by atoms with Crippen molar-refractivity contribution in [2.24, 2.45) is 0 Å². The smallest absolute Gasteiger partial charge is 0.319 e. The number of nitrogens with one attached hydrogen (secondary N) is 2. The third-order valence-electron chi connectivity index (χ3n) is 6.83. The molecule has 1 saturated heterocycles. The monoisotopic (exact) mass is 515 g/mol. The molecule has 10 heteroatoms. The predicted molar refractivity (Wildman–Crippen MR) is 135 cm³/mol. The van der Waals surface area contributed by atoms with E-state index in [4.69, 9.17) is 4.74 Å². The average molecular weight is 516 g/mol. The number of ether oxygens (including phenoxy) is 1. The Balaban J connectivity index is 0.000000170. The second-order valence-electron chi connectivity index (χ2n) is 9.29. The molecule has 1 spiro atoms. The molecule has 1 aromatic heterocycles. The summed E-state index contributed by atoms with van der Waals surface area (Å²) in [7, 11) is 0. The molecule has 2 N–H and O–H groups in total. The first-order chi connectivity index (χ1) is 17.2. The molecule has 0 bridgehead atoms. The molecule has 8 nitrogen and oxygen atoms in total. The van der Waals surface area contributed by atoms with Crippen LogP contribution in [0.4, 0.5) is 14.2 Å². The molecule has 2 aromatic rings. The maximum absolute atomic E-state index is 13.1. The minimum Gasteiger partial charge on any atom is -0.486 e. The molecule has 36 heavy (non-hydrogen) atoms. The van der Waals surface area contributed by atoms with Crippen molar-refractivity contribution >= 4 is 40.3 Å². The van der Waals surface area contributed by atoms with Crippen molar-refractivity contribution in [2.75, 3.05) is 25.0 Å². The van der Waals surface area contributed by atoms with Crippen LogP contribution in [0, 0.1) is 12.7 Å². The minimum absolute atomic E-state index is 0.0831. The number of Topliss-reactive ketones (excluding diaryl/α,β-unsaturated/α-hetero) is 2. The summed E-state index contributed by atoms with van der Waals surface area (Å²) >= 11 is 1.40. The number of nitrogens with zero attached hydrogens (tertiary/aromatic N) is 1. The molecule has 3 heterocycles. The van der Waals surface area contributed by atoms with Gasteiger partial charge in [0.15, 0.2) is 11.6 Å². The molecule has 1 aromatic carbocycles. The summed E-state index contributed by atoms with van der Waals surface area (Å²) in [4.78, 5) is 48.6. The van der Waals surface area contributed by atoms with Gasteiger partial charge in [-0.2, -0.15) is 0 Å². The van der Waals surface area contributed by atoms with Crippen molar-refractivity contribution < 1.29 is 28.3 Å². The summed E-state index contributed by atoms with van der Waals surface area (Å²) in [5, 5.41) is 6.29. The molecule has 0 saturated carbocycles. The fourth-order valence-corrected chi connectivity index (χ4v) is 6.04. The van der Waals surface area contributed by atoms with E-state index in [9.17, 15) is 23.6 Å². The van der Waals surface area contributed by atoms with Crippen LogP contribution in [-0.4, -0.2) is 54.1 Å². The maximum atomic E-state index is 13.1.